The van der Waals surface area contributed by atoms with Crippen LogP contribution in [0.5, 0.6) is 5.75 Å². The zero-order valence-electron chi connectivity index (χ0n) is 14.0. The summed E-state index contributed by atoms with van der Waals surface area (Å²) in [5.41, 5.74) is 0.272. The van der Waals surface area contributed by atoms with Crippen LogP contribution in [0.4, 0.5) is 5.69 Å². The first-order valence-electron chi connectivity index (χ1n) is 7.56. The molecule has 0 radical (unpaired) electrons. The SMILES string of the molecule is COc1ccc(NC(=O)C(C)(C)C(=O)NCc2cccnc2)cc1. The Hall–Kier alpha value is -2.89. The van der Waals surface area contributed by atoms with Gasteiger partial charge in [0.1, 0.15) is 11.2 Å². The number of methoxy groups -OCH3 is 1. The molecule has 0 aliphatic rings. The fraction of sp³-hybridized carbons (Fsp3) is 0.278. The number of aromatic nitrogens is 1. The number of nitrogens with one attached hydrogen (secondary N) is 2. The molecule has 6 heteroatoms. The number of hydrogen-bond acceptors (Lipinski definition) is 4. The van der Waals surface area contributed by atoms with Crippen molar-refractivity contribution in [3.05, 3.63) is 54.4 Å². The summed E-state index contributed by atoms with van der Waals surface area (Å²) >= 11 is 0. The molecule has 126 valence electrons. The van der Waals surface area contributed by atoms with E-state index in [2.05, 4.69) is 15.6 Å². The fourth-order valence-electron chi connectivity index (χ4n) is 1.97. The molecule has 6 nitrogen and oxygen atoms in total. The first-order valence-corrected chi connectivity index (χ1v) is 7.56. The Morgan fingerprint density at radius 1 is 1.12 bits per heavy atom. The van der Waals surface area contributed by atoms with E-state index >= 15 is 0 Å². The Kier molecular flexibility index (Phi) is 5.52. The van der Waals surface area contributed by atoms with Gasteiger partial charge in [-0.1, -0.05) is 6.07 Å². The summed E-state index contributed by atoms with van der Waals surface area (Å²) in [5, 5.41) is 5.51. The Bertz CT molecular complexity index is 697. The van der Waals surface area contributed by atoms with Gasteiger partial charge in [0.05, 0.1) is 7.11 Å². The van der Waals surface area contributed by atoms with Gasteiger partial charge in [-0.15, -0.1) is 0 Å². The minimum absolute atomic E-state index is 0.325. The molecule has 1 aromatic heterocycles. The van der Waals surface area contributed by atoms with Crippen molar-refractivity contribution < 1.29 is 14.3 Å². The summed E-state index contributed by atoms with van der Waals surface area (Å²) in [4.78, 5) is 28.8. The van der Waals surface area contributed by atoms with Gasteiger partial charge >= 0.3 is 0 Å². The molecule has 0 fully saturated rings. The third kappa shape index (κ3) is 4.32. The molecule has 1 heterocycles. The van der Waals surface area contributed by atoms with E-state index in [1.807, 2.05) is 6.07 Å². The maximum Gasteiger partial charge on any atom is 0.239 e. The van der Waals surface area contributed by atoms with Crippen molar-refractivity contribution in [2.75, 3.05) is 12.4 Å². The lowest BCUT2D eigenvalue weighted by Gasteiger charge is -2.22. The van der Waals surface area contributed by atoms with E-state index < -0.39 is 5.41 Å². The van der Waals surface area contributed by atoms with Gasteiger partial charge < -0.3 is 15.4 Å². The van der Waals surface area contributed by atoms with Crippen LogP contribution in [-0.4, -0.2) is 23.9 Å². The number of carbonyl (C=O) groups is 2. The van der Waals surface area contributed by atoms with Crippen molar-refractivity contribution in [3.8, 4) is 5.75 Å². The molecule has 0 atom stereocenters. The quantitative estimate of drug-likeness (QED) is 0.798. The maximum atomic E-state index is 12.4. The zero-order chi connectivity index (χ0) is 17.6. The highest BCUT2D eigenvalue weighted by Crippen LogP contribution is 2.21. The number of nitrogens with zero attached hydrogens (tertiary/aromatic N) is 1. The third-order valence-corrected chi connectivity index (χ3v) is 3.66. The number of pyridine rings is 1. The summed E-state index contributed by atoms with van der Waals surface area (Å²) < 4.78 is 5.07. The average Bonchev–Trinajstić information content (AvgIpc) is 2.61. The lowest BCUT2D eigenvalue weighted by molar-refractivity contribution is -0.138. The molecule has 0 spiro atoms. The molecule has 1 aromatic carbocycles. The van der Waals surface area contributed by atoms with E-state index in [1.165, 1.54) is 0 Å². The molecular formula is C18H21N3O3. The number of hydrogen-bond donors (Lipinski definition) is 2. The molecule has 2 aromatic rings. The summed E-state index contributed by atoms with van der Waals surface area (Å²) in [6.45, 7) is 3.50. The van der Waals surface area contributed by atoms with Gasteiger partial charge in [-0.2, -0.15) is 0 Å². The second-order valence-electron chi connectivity index (χ2n) is 5.85. The Morgan fingerprint density at radius 3 is 2.42 bits per heavy atom. The fourth-order valence-corrected chi connectivity index (χ4v) is 1.97. The molecule has 2 amide bonds. The first kappa shape index (κ1) is 17.5. The van der Waals surface area contributed by atoms with Crippen LogP contribution >= 0.6 is 0 Å². The predicted molar refractivity (Wildman–Crippen MR) is 91.5 cm³/mol. The molecule has 24 heavy (non-hydrogen) atoms. The van der Waals surface area contributed by atoms with Crippen molar-refractivity contribution in [2.45, 2.75) is 20.4 Å². The van der Waals surface area contributed by atoms with Crippen LogP contribution in [0.2, 0.25) is 0 Å². The van der Waals surface area contributed by atoms with E-state index in [0.717, 1.165) is 5.56 Å². The summed E-state index contributed by atoms with van der Waals surface area (Å²) in [6.07, 6.45) is 3.34. The van der Waals surface area contributed by atoms with Gasteiger partial charge in [0, 0.05) is 24.6 Å². The number of benzene rings is 1. The Balaban J connectivity index is 1.96. The summed E-state index contributed by atoms with van der Waals surface area (Å²) in [6, 6.07) is 10.6. The molecule has 0 aliphatic heterocycles. The zero-order valence-corrected chi connectivity index (χ0v) is 14.0. The van der Waals surface area contributed by atoms with Crippen LogP contribution in [-0.2, 0) is 16.1 Å². The van der Waals surface area contributed by atoms with Gasteiger partial charge in [-0.05, 0) is 49.7 Å². The summed E-state index contributed by atoms with van der Waals surface area (Å²) in [7, 11) is 1.57. The summed E-state index contributed by atoms with van der Waals surface area (Å²) in [5.74, 6) is -0.0322. The Morgan fingerprint density at radius 2 is 1.83 bits per heavy atom. The third-order valence-electron chi connectivity index (χ3n) is 3.66. The number of anilines is 1. The maximum absolute atomic E-state index is 12.4. The lowest BCUT2D eigenvalue weighted by Crippen LogP contribution is -2.44. The molecule has 0 unspecified atom stereocenters. The minimum Gasteiger partial charge on any atom is -0.497 e. The number of carbonyl (C=O) groups excluding carboxylic acids is 2. The van der Waals surface area contributed by atoms with Gasteiger partial charge in [-0.25, -0.2) is 0 Å². The molecular weight excluding hydrogens is 306 g/mol. The topological polar surface area (TPSA) is 80.3 Å². The van der Waals surface area contributed by atoms with Crippen LogP contribution < -0.4 is 15.4 Å². The number of ether oxygens (including phenoxy) is 1. The van der Waals surface area contributed by atoms with E-state index in [-0.39, 0.29) is 11.8 Å². The van der Waals surface area contributed by atoms with Crippen molar-refractivity contribution in [1.29, 1.82) is 0 Å². The van der Waals surface area contributed by atoms with E-state index in [9.17, 15) is 9.59 Å². The lowest BCUT2D eigenvalue weighted by atomic mass is 9.91. The number of amides is 2. The van der Waals surface area contributed by atoms with Gasteiger partial charge in [0.25, 0.3) is 0 Å². The molecule has 2 rings (SSSR count). The van der Waals surface area contributed by atoms with Crippen LogP contribution in [0.1, 0.15) is 19.4 Å². The van der Waals surface area contributed by atoms with Crippen LogP contribution in [0, 0.1) is 5.41 Å². The molecule has 0 bridgehead atoms. The monoisotopic (exact) mass is 327 g/mol. The van der Waals surface area contributed by atoms with Crippen molar-refractivity contribution in [2.24, 2.45) is 5.41 Å². The largest absolute Gasteiger partial charge is 0.497 e. The second-order valence-corrected chi connectivity index (χ2v) is 5.85. The number of rotatable bonds is 6. The molecule has 2 N–H and O–H groups in total. The highest BCUT2D eigenvalue weighted by atomic mass is 16.5. The average molecular weight is 327 g/mol. The standard InChI is InChI=1S/C18H21N3O3/c1-18(2,16(22)20-12-13-5-4-10-19-11-13)17(23)21-14-6-8-15(24-3)9-7-14/h4-11H,12H2,1-3H3,(H,20,22)(H,21,23). The van der Waals surface area contributed by atoms with Gasteiger partial charge in [0.15, 0.2) is 0 Å². The van der Waals surface area contributed by atoms with Crippen molar-refractivity contribution in [3.63, 3.8) is 0 Å². The Labute approximate surface area is 141 Å². The molecule has 0 saturated heterocycles. The van der Waals surface area contributed by atoms with Gasteiger partial charge in [-0.3, -0.25) is 14.6 Å². The predicted octanol–water partition coefficient (Wildman–Crippen LogP) is 2.37. The normalized spacial score (nSPS) is 10.8. The van der Waals surface area contributed by atoms with Crippen molar-refractivity contribution in [1.82, 2.24) is 10.3 Å². The van der Waals surface area contributed by atoms with Crippen molar-refractivity contribution >= 4 is 17.5 Å². The van der Waals surface area contributed by atoms with E-state index in [1.54, 1.807) is 63.7 Å². The van der Waals surface area contributed by atoms with Crippen LogP contribution in [0.3, 0.4) is 0 Å². The smallest absolute Gasteiger partial charge is 0.239 e. The minimum atomic E-state index is -1.21. The van der Waals surface area contributed by atoms with E-state index in [4.69, 9.17) is 4.74 Å². The van der Waals surface area contributed by atoms with Crippen LogP contribution in [0.25, 0.3) is 0 Å². The van der Waals surface area contributed by atoms with Crippen LogP contribution in [0.15, 0.2) is 48.8 Å². The van der Waals surface area contributed by atoms with Gasteiger partial charge in [0.2, 0.25) is 11.8 Å². The highest BCUT2D eigenvalue weighted by Gasteiger charge is 2.35. The second kappa shape index (κ2) is 7.59. The molecule has 0 saturated carbocycles. The highest BCUT2D eigenvalue weighted by molar-refractivity contribution is 6.09. The van der Waals surface area contributed by atoms with E-state index in [0.29, 0.717) is 18.0 Å². The first-order chi connectivity index (χ1) is 11.4. The molecule has 0 aliphatic carbocycles.